The summed E-state index contributed by atoms with van der Waals surface area (Å²) in [5, 5.41) is 0.929. The van der Waals surface area contributed by atoms with Crippen molar-refractivity contribution in [3.8, 4) is 10.6 Å². The van der Waals surface area contributed by atoms with E-state index in [0.717, 1.165) is 34.2 Å². The number of aryl methyl sites for hydroxylation is 1. The second-order valence-corrected chi connectivity index (χ2v) is 5.60. The molecule has 0 N–H and O–H groups in total. The number of hydrogen-bond acceptors (Lipinski definition) is 4. The molecule has 0 spiro atoms. The topological polar surface area (TPSA) is 46.1 Å². The van der Waals surface area contributed by atoms with E-state index in [2.05, 4.69) is 9.97 Å². The first-order valence-corrected chi connectivity index (χ1v) is 7.61. The van der Waals surface area contributed by atoms with Crippen LogP contribution in [0.5, 0.6) is 0 Å². The zero-order chi connectivity index (χ0) is 14.5. The third kappa shape index (κ3) is 3.22. The van der Waals surface area contributed by atoms with Crippen molar-refractivity contribution in [1.82, 2.24) is 14.9 Å². The molecule has 4 nitrogen and oxygen atoms in total. The van der Waals surface area contributed by atoms with Crippen LogP contribution >= 0.6 is 11.3 Å². The van der Waals surface area contributed by atoms with Crippen molar-refractivity contribution in [2.45, 2.75) is 27.2 Å². The summed E-state index contributed by atoms with van der Waals surface area (Å²) in [6.07, 6.45) is 3.98. The highest BCUT2D eigenvalue weighted by molar-refractivity contribution is 7.15. The summed E-state index contributed by atoms with van der Waals surface area (Å²) in [7, 11) is 0. The minimum Gasteiger partial charge on any atom is -0.343 e. The molecule has 0 radical (unpaired) electrons. The van der Waals surface area contributed by atoms with Gasteiger partial charge in [0.15, 0.2) is 0 Å². The van der Waals surface area contributed by atoms with E-state index in [1.54, 1.807) is 23.7 Å². The molecule has 2 aromatic heterocycles. The van der Waals surface area contributed by atoms with Gasteiger partial charge in [0.2, 0.25) is 5.91 Å². The number of carbonyl (C=O) groups is 1. The Balaban J connectivity index is 2.18. The van der Waals surface area contributed by atoms with Gasteiger partial charge < -0.3 is 4.90 Å². The summed E-state index contributed by atoms with van der Waals surface area (Å²) >= 11 is 1.58. The molecule has 2 heterocycles. The Morgan fingerprint density at radius 1 is 1.35 bits per heavy atom. The summed E-state index contributed by atoms with van der Waals surface area (Å²) in [6.45, 7) is 7.47. The molecule has 0 aliphatic rings. The normalized spacial score (nSPS) is 10.6. The van der Waals surface area contributed by atoms with Crippen LogP contribution in [0.3, 0.4) is 0 Å². The van der Waals surface area contributed by atoms with Gasteiger partial charge in [0, 0.05) is 35.9 Å². The van der Waals surface area contributed by atoms with Crippen molar-refractivity contribution in [2.75, 3.05) is 13.1 Å². The maximum atomic E-state index is 12.2. The van der Waals surface area contributed by atoms with E-state index in [-0.39, 0.29) is 5.91 Å². The molecule has 1 amide bonds. The maximum Gasteiger partial charge on any atom is 0.227 e. The quantitative estimate of drug-likeness (QED) is 0.850. The van der Waals surface area contributed by atoms with E-state index in [1.165, 1.54) is 0 Å². The van der Waals surface area contributed by atoms with E-state index < -0.39 is 0 Å². The fourth-order valence-electron chi connectivity index (χ4n) is 2.03. The standard InChI is InChI=1S/C15H19N3OS/c1-4-18(5-2)14(19)9-13-11(3)17-15(20-13)12-7-6-8-16-10-12/h6-8,10H,4-5,9H2,1-3H3. The molecule has 0 bridgehead atoms. The minimum absolute atomic E-state index is 0.166. The first-order valence-electron chi connectivity index (χ1n) is 6.80. The van der Waals surface area contributed by atoms with Gasteiger partial charge in [-0.1, -0.05) is 0 Å². The summed E-state index contributed by atoms with van der Waals surface area (Å²) in [5.74, 6) is 0.166. The fraction of sp³-hybridized carbons (Fsp3) is 0.400. The Labute approximate surface area is 123 Å². The third-order valence-electron chi connectivity index (χ3n) is 3.23. The van der Waals surface area contributed by atoms with Crippen molar-refractivity contribution >= 4 is 17.2 Å². The molecule has 0 fully saturated rings. The van der Waals surface area contributed by atoms with Gasteiger partial charge in [-0.2, -0.15) is 0 Å². The zero-order valence-electron chi connectivity index (χ0n) is 12.1. The average molecular weight is 289 g/mol. The molecule has 0 aliphatic carbocycles. The second-order valence-electron chi connectivity index (χ2n) is 4.51. The van der Waals surface area contributed by atoms with Gasteiger partial charge in [0.05, 0.1) is 12.1 Å². The Hall–Kier alpha value is -1.75. The highest BCUT2D eigenvalue weighted by Gasteiger charge is 2.16. The maximum absolute atomic E-state index is 12.2. The first-order chi connectivity index (χ1) is 9.65. The van der Waals surface area contributed by atoms with Crippen LogP contribution in [0.4, 0.5) is 0 Å². The van der Waals surface area contributed by atoms with Crippen molar-refractivity contribution in [1.29, 1.82) is 0 Å². The van der Waals surface area contributed by atoms with E-state index in [1.807, 2.05) is 37.8 Å². The molecule has 2 rings (SSSR count). The lowest BCUT2D eigenvalue weighted by atomic mass is 10.2. The van der Waals surface area contributed by atoms with Crippen LogP contribution in [0, 0.1) is 6.92 Å². The second kappa shape index (κ2) is 6.61. The number of pyridine rings is 1. The number of rotatable bonds is 5. The van der Waals surface area contributed by atoms with Gasteiger partial charge in [-0.05, 0) is 32.9 Å². The Kier molecular flexibility index (Phi) is 4.84. The largest absolute Gasteiger partial charge is 0.343 e. The molecule has 0 aliphatic heterocycles. The lowest BCUT2D eigenvalue weighted by Crippen LogP contribution is -2.31. The SMILES string of the molecule is CCN(CC)C(=O)Cc1sc(-c2cccnc2)nc1C. The predicted octanol–water partition coefficient (Wildman–Crippen LogP) is 2.92. The molecular weight excluding hydrogens is 270 g/mol. The number of hydrogen-bond donors (Lipinski definition) is 0. The van der Waals surface area contributed by atoms with Gasteiger partial charge >= 0.3 is 0 Å². The molecular formula is C15H19N3OS. The highest BCUT2D eigenvalue weighted by Crippen LogP contribution is 2.27. The average Bonchev–Trinajstić information content (AvgIpc) is 2.82. The van der Waals surface area contributed by atoms with Crippen LogP contribution in [0.25, 0.3) is 10.6 Å². The molecule has 0 saturated heterocycles. The zero-order valence-corrected chi connectivity index (χ0v) is 12.9. The van der Waals surface area contributed by atoms with E-state index in [4.69, 9.17) is 0 Å². The van der Waals surface area contributed by atoms with Gasteiger partial charge in [0.25, 0.3) is 0 Å². The molecule has 0 unspecified atom stereocenters. The number of nitrogens with zero attached hydrogens (tertiary/aromatic N) is 3. The molecule has 2 aromatic rings. The number of thiazole rings is 1. The summed E-state index contributed by atoms with van der Waals surface area (Å²) in [5.41, 5.74) is 1.94. The predicted molar refractivity (Wildman–Crippen MR) is 81.7 cm³/mol. The lowest BCUT2D eigenvalue weighted by Gasteiger charge is -2.18. The monoisotopic (exact) mass is 289 g/mol. The number of likely N-dealkylation sites (N-methyl/N-ethyl adjacent to an activating group) is 1. The highest BCUT2D eigenvalue weighted by atomic mass is 32.1. The van der Waals surface area contributed by atoms with Crippen LogP contribution in [-0.4, -0.2) is 33.9 Å². The number of amides is 1. The molecule has 5 heteroatoms. The van der Waals surface area contributed by atoms with Crippen LogP contribution in [0.2, 0.25) is 0 Å². The Morgan fingerprint density at radius 2 is 2.10 bits per heavy atom. The van der Waals surface area contributed by atoms with E-state index >= 15 is 0 Å². The number of aromatic nitrogens is 2. The molecule has 0 aromatic carbocycles. The van der Waals surface area contributed by atoms with Gasteiger partial charge in [-0.3, -0.25) is 9.78 Å². The summed E-state index contributed by atoms with van der Waals surface area (Å²) in [4.78, 5) is 23.7. The van der Waals surface area contributed by atoms with Crippen molar-refractivity contribution in [3.63, 3.8) is 0 Å². The van der Waals surface area contributed by atoms with Crippen LogP contribution in [0.1, 0.15) is 24.4 Å². The smallest absolute Gasteiger partial charge is 0.227 e. The number of carbonyl (C=O) groups excluding carboxylic acids is 1. The van der Waals surface area contributed by atoms with Gasteiger partial charge in [-0.25, -0.2) is 4.98 Å². The molecule has 20 heavy (non-hydrogen) atoms. The van der Waals surface area contributed by atoms with Crippen molar-refractivity contribution in [3.05, 3.63) is 35.1 Å². The lowest BCUT2D eigenvalue weighted by molar-refractivity contribution is -0.130. The van der Waals surface area contributed by atoms with Crippen LogP contribution < -0.4 is 0 Å². The van der Waals surface area contributed by atoms with Gasteiger partial charge in [-0.15, -0.1) is 11.3 Å². The van der Waals surface area contributed by atoms with E-state index in [0.29, 0.717) is 6.42 Å². The summed E-state index contributed by atoms with van der Waals surface area (Å²) < 4.78 is 0. The van der Waals surface area contributed by atoms with Crippen molar-refractivity contribution < 1.29 is 4.79 Å². The Morgan fingerprint density at radius 3 is 2.70 bits per heavy atom. The van der Waals surface area contributed by atoms with E-state index in [9.17, 15) is 4.79 Å². The molecule has 0 saturated carbocycles. The molecule has 106 valence electrons. The molecule has 0 atom stereocenters. The fourth-order valence-corrected chi connectivity index (χ4v) is 3.07. The van der Waals surface area contributed by atoms with Crippen LogP contribution in [-0.2, 0) is 11.2 Å². The third-order valence-corrected chi connectivity index (χ3v) is 4.44. The minimum atomic E-state index is 0.166. The van der Waals surface area contributed by atoms with Gasteiger partial charge in [0.1, 0.15) is 5.01 Å². The summed E-state index contributed by atoms with van der Waals surface area (Å²) in [6, 6.07) is 3.88. The van der Waals surface area contributed by atoms with Crippen molar-refractivity contribution in [2.24, 2.45) is 0 Å². The first kappa shape index (κ1) is 14.7. The van der Waals surface area contributed by atoms with Crippen LogP contribution in [0.15, 0.2) is 24.5 Å². The Bertz CT molecular complexity index is 576.